The molecule has 25 heavy (non-hydrogen) atoms. The predicted octanol–water partition coefficient (Wildman–Crippen LogP) is 2.82. The number of ether oxygens (including phenoxy) is 2. The first-order chi connectivity index (χ1) is 11.7. The fourth-order valence-corrected chi connectivity index (χ4v) is 3.00. The summed E-state index contributed by atoms with van der Waals surface area (Å²) < 4.78 is 11.1. The van der Waals surface area contributed by atoms with Gasteiger partial charge in [0.25, 0.3) is 5.91 Å². The van der Waals surface area contributed by atoms with Gasteiger partial charge in [-0.2, -0.15) is 0 Å². The molecule has 1 aliphatic rings. The maximum absolute atomic E-state index is 12.6. The van der Waals surface area contributed by atoms with Gasteiger partial charge in [-0.15, -0.1) is 19.0 Å². The molecule has 0 saturated carbocycles. The summed E-state index contributed by atoms with van der Waals surface area (Å²) in [7, 11) is 1.61. The van der Waals surface area contributed by atoms with E-state index >= 15 is 0 Å². The smallest absolute Gasteiger partial charge is 0.260 e. The van der Waals surface area contributed by atoms with E-state index in [1.54, 1.807) is 7.11 Å². The number of methoxy groups -OCH3 is 1. The van der Waals surface area contributed by atoms with Gasteiger partial charge in [-0.25, -0.2) is 0 Å². The highest BCUT2D eigenvalue weighted by Gasteiger charge is 2.26. The SMILES string of the molecule is C=CCc1ccc(OCC(=O)N(CCC)C2CCNC2)c(OC)c1.Cl. The lowest BCUT2D eigenvalue weighted by Crippen LogP contribution is -2.44. The quantitative estimate of drug-likeness (QED) is 0.681. The summed E-state index contributed by atoms with van der Waals surface area (Å²) in [6, 6.07) is 6.02. The summed E-state index contributed by atoms with van der Waals surface area (Å²) in [6.07, 6.45) is 4.57. The summed E-state index contributed by atoms with van der Waals surface area (Å²) in [5, 5.41) is 3.31. The molecule has 1 aromatic rings. The van der Waals surface area contributed by atoms with Crippen LogP contribution >= 0.6 is 12.4 Å². The van der Waals surface area contributed by atoms with Crippen LogP contribution in [0.2, 0.25) is 0 Å². The Kier molecular flexibility index (Phi) is 9.39. The van der Waals surface area contributed by atoms with E-state index < -0.39 is 0 Å². The first kappa shape index (κ1) is 21.3. The van der Waals surface area contributed by atoms with Gasteiger partial charge in [-0.1, -0.05) is 19.1 Å². The van der Waals surface area contributed by atoms with Gasteiger partial charge < -0.3 is 19.7 Å². The van der Waals surface area contributed by atoms with Gasteiger partial charge in [0.2, 0.25) is 0 Å². The van der Waals surface area contributed by atoms with Crippen molar-refractivity contribution in [1.82, 2.24) is 10.2 Å². The van der Waals surface area contributed by atoms with Crippen LogP contribution in [0.15, 0.2) is 30.9 Å². The molecule has 0 aromatic heterocycles. The molecule has 140 valence electrons. The molecule has 5 nitrogen and oxygen atoms in total. The molecule has 1 saturated heterocycles. The van der Waals surface area contributed by atoms with Crippen molar-refractivity contribution in [2.45, 2.75) is 32.2 Å². The van der Waals surface area contributed by atoms with Crippen molar-refractivity contribution in [3.63, 3.8) is 0 Å². The molecule has 0 aliphatic carbocycles. The van der Waals surface area contributed by atoms with Gasteiger partial charge in [0.15, 0.2) is 18.1 Å². The summed E-state index contributed by atoms with van der Waals surface area (Å²) in [5.41, 5.74) is 1.10. The fourth-order valence-electron chi connectivity index (χ4n) is 3.00. The molecule has 2 rings (SSSR count). The van der Waals surface area contributed by atoms with Gasteiger partial charge >= 0.3 is 0 Å². The zero-order valence-electron chi connectivity index (χ0n) is 15.1. The second-order valence-electron chi connectivity index (χ2n) is 6.00. The van der Waals surface area contributed by atoms with Gasteiger partial charge in [0.05, 0.1) is 7.11 Å². The third-order valence-electron chi connectivity index (χ3n) is 4.22. The van der Waals surface area contributed by atoms with Crippen LogP contribution in [0.5, 0.6) is 11.5 Å². The van der Waals surface area contributed by atoms with Crippen molar-refractivity contribution in [1.29, 1.82) is 0 Å². The Labute approximate surface area is 156 Å². The number of hydrogen-bond acceptors (Lipinski definition) is 4. The van der Waals surface area contributed by atoms with E-state index in [2.05, 4.69) is 18.8 Å². The zero-order chi connectivity index (χ0) is 17.4. The molecule has 1 unspecified atom stereocenters. The van der Waals surface area contributed by atoms with Crippen LogP contribution in [0.1, 0.15) is 25.3 Å². The first-order valence-electron chi connectivity index (χ1n) is 8.60. The summed E-state index contributed by atoms with van der Waals surface area (Å²) >= 11 is 0. The minimum atomic E-state index is 0. The number of carbonyl (C=O) groups is 1. The Bertz CT molecular complexity index is 560. The summed E-state index contributed by atoms with van der Waals surface area (Å²) in [5.74, 6) is 1.27. The van der Waals surface area contributed by atoms with Crippen LogP contribution in [0.25, 0.3) is 0 Å². The molecule has 1 heterocycles. The largest absolute Gasteiger partial charge is 0.493 e. The highest BCUT2D eigenvalue weighted by Crippen LogP contribution is 2.28. The van der Waals surface area contributed by atoms with Crippen LogP contribution in [0.3, 0.4) is 0 Å². The molecule has 1 aliphatic heterocycles. The highest BCUT2D eigenvalue weighted by atomic mass is 35.5. The van der Waals surface area contributed by atoms with Crippen LogP contribution in [-0.2, 0) is 11.2 Å². The van der Waals surface area contributed by atoms with Crippen LogP contribution in [0, 0.1) is 0 Å². The van der Waals surface area contributed by atoms with Gasteiger partial charge in [-0.3, -0.25) is 4.79 Å². The molecule has 6 heteroatoms. The Balaban J connectivity index is 0.00000312. The molecule has 1 N–H and O–H groups in total. The second kappa shape index (κ2) is 11.0. The average molecular weight is 369 g/mol. The van der Waals surface area contributed by atoms with Crippen LogP contribution < -0.4 is 14.8 Å². The Morgan fingerprint density at radius 2 is 2.24 bits per heavy atom. The normalized spacial score (nSPS) is 16.0. The highest BCUT2D eigenvalue weighted by molar-refractivity contribution is 5.85. The first-order valence-corrected chi connectivity index (χ1v) is 8.60. The number of allylic oxidation sites excluding steroid dienone is 1. The maximum Gasteiger partial charge on any atom is 0.260 e. The van der Waals surface area contributed by atoms with Crippen LogP contribution in [0.4, 0.5) is 0 Å². The molecular formula is C19H29ClN2O3. The Morgan fingerprint density at radius 1 is 1.44 bits per heavy atom. The van der Waals surface area contributed by atoms with E-state index in [-0.39, 0.29) is 31.0 Å². The third kappa shape index (κ3) is 5.94. The molecule has 1 atom stereocenters. The lowest BCUT2D eigenvalue weighted by molar-refractivity contribution is -0.135. The van der Waals surface area contributed by atoms with Crippen LogP contribution in [-0.4, -0.2) is 50.2 Å². The number of carbonyl (C=O) groups excluding carboxylic acids is 1. The molecule has 1 fully saturated rings. The Morgan fingerprint density at radius 3 is 2.84 bits per heavy atom. The van der Waals surface area contributed by atoms with E-state index in [1.165, 1.54) is 0 Å². The minimum Gasteiger partial charge on any atom is -0.493 e. The van der Waals surface area contributed by atoms with Crippen molar-refractivity contribution < 1.29 is 14.3 Å². The van der Waals surface area contributed by atoms with Gasteiger partial charge in [0, 0.05) is 19.1 Å². The van der Waals surface area contributed by atoms with E-state index in [4.69, 9.17) is 9.47 Å². The van der Waals surface area contributed by atoms with E-state index in [9.17, 15) is 4.79 Å². The Hall–Kier alpha value is -1.72. The molecule has 0 radical (unpaired) electrons. The van der Waals surface area contributed by atoms with Gasteiger partial charge in [0.1, 0.15) is 0 Å². The number of nitrogens with one attached hydrogen (secondary N) is 1. The molecular weight excluding hydrogens is 340 g/mol. The van der Waals surface area contributed by atoms with Gasteiger partial charge in [-0.05, 0) is 43.5 Å². The number of hydrogen-bond donors (Lipinski definition) is 1. The van der Waals surface area contributed by atoms with E-state index in [0.29, 0.717) is 11.5 Å². The number of rotatable bonds is 9. The average Bonchev–Trinajstić information content (AvgIpc) is 3.12. The number of benzene rings is 1. The van der Waals surface area contributed by atoms with E-state index in [1.807, 2.05) is 29.2 Å². The summed E-state index contributed by atoms with van der Waals surface area (Å²) in [6.45, 7) is 8.47. The topological polar surface area (TPSA) is 50.8 Å². The van der Waals surface area contributed by atoms with Crippen molar-refractivity contribution >= 4 is 18.3 Å². The molecule has 1 aromatic carbocycles. The third-order valence-corrected chi connectivity index (χ3v) is 4.22. The van der Waals surface area contributed by atoms with Crippen molar-refractivity contribution in [2.24, 2.45) is 0 Å². The van der Waals surface area contributed by atoms with Crippen molar-refractivity contribution in [2.75, 3.05) is 33.4 Å². The lowest BCUT2D eigenvalue weighted by atomic mass is 10.1. The number of nitrogens with zero attached hydrogens (tertiary/aromatic N) is 1. The molecule has 0 spiro atoms. The summed E-state index contributed by atoms with van der Waals surface area (Å²) in [4.78, 5) is 14.5. The minimum absolute atomic E-state index is 0. The van der Waals surface area contributed by atoms with Crippen molar-refractivity contribution in [3.8, 4) is 11.5 Å². The standard InChI is InChI=1S/C19H28N2O3.ClH/c1-4-6-15-7-8-17(18(12-15)23-3)24-14-19(22)21(11-5-2)16-9-10-20-13-16;/h4,7-8,12,16,20H,1,5-6,9-11,13-14H2,2-3H3;1H. The number of amides is 1. The monoisotopic (exact) mass is 368 g/mol. The van der Waals surface area contributed by atoms with Crippen molar-refractivity contribution in [3.05, 3.63) is 36.4 Å². The maximum atomic E-state index is 12.6. The molecule has 1 amide bonds. The van der Waals surface area contributed by atoms with E-state index in [0.717, 1.165) is 44.5 Å². The second-order valence-corrected chi connectivity index (χ2v) is 6.00. The molecule has 0 bridgehead atoms. The lowest BCUT2D eigenvalue weighted by Gasteiger charge is -2.28. The number of halogens is 1. The predicted molar refractivity (Wildman–Crippen MR) is 103 cm³/mol. The zero-order valence-corrected chi connectivity index (χ0v) is 15.9. The fraction of sp³-hybridized carbons (Fsp3) is 0.526.